The maximum atomic E-state index is 12.5. The minimum Gasteiger partial charge on any atom is -0.343 e. The number of nitrogens with zero attached hydrogens (tertiary/aromatic N) is 3. The van der Waals surface area contributed by atoms with Crippen molar-refractivity contribution in [3.8, 4) is 5.69 Å². The molecule has 0 atom stereocenters. The number of hydrogen-bond donors (Lipinski definition) is 2. The molecule has 0 saturated heterocycles. The number of halogens is 3. The van der Waals surface area contributed by atoms with Crippen molar-refractivity contribution in [1.82, 2.24) is 20.3 Å². The number of nitrogens with one attached hydrogen (secondary N) is 2. The van der Waals surface area contributed by atoms with Crippen LogP contribution in [-0.2, 0) is 0 Å². The first-order chi connectivity index (χ1) is 13.7. The lowest BCUT2D eigenvalue weighted by Gasteiger charge is -2.09. The lowest BCUT2D eigenvalue weighted by molar-refractivity contribution is -0.123. The highest BCUT2D eigenvalue weighted by molar-refractivity contribution is 6.03. The van der Waals surface area contributed by atoms with Crippen molar-refractivity contribution in [2.75, 3.05) is 11.9 Å². The lowest BCUT2D eigenvalue weighted by Crippen LogP contribution is -2.33. The highest BCUT2D eigenvalue weighted by atomic mass is 19.4. The minimum atomic E-state index is -4.49. The Labute approximate surface area is 163 Å². The van der Waals surface area contributed by atoms with Crippen LogP contribution in [0.15, 0.2) is 54.6 Å². The van der Waals surface area contributed by atoms with Crippen LogP contribution >= 0.6 is 0 Å². The Bertz CT molecular complexity index is 1010. The number of rotatable bonds is 5. The van der Waals surface area contributed by atoms with Crippen LogP contribution in [0.5, 0.6) is 0 Å². The van der Waals surface area contributed by atoms with Crippen LogP contribution < -0.4 is 10.6 Å². The zero-order chi connectivity index (χ0) is 21.0. The van der Waals surface area contributed by atoms with E-state index in [0.29, 0.717) is 17.1 Å². The second-order valence-electron chi connectivity index (χ2n) is 6.09. The van der Waals surface area contributed by atoms with Gasteiger partial charge in [-0.1, -0.05) is 18.2 Å². The van der Waals surface area contributed by atoms with Crippen molar-refractivity contribution < 1.29 is 22.8 Å². The predicted molar refractivity (Wildman–Crippen MR) is 98.9 cm³/mol. The third-order valence-electron chi connectivity index (χ3n) is 3.84. The van der Waals surface area contributed by atoms with Gasteiger partial charge in [-0.05, 0) is 43.3 Å². The van der Waals surface area contributed by atoms with Crippen LogP contribution in [0.3, 0.4) is 0 Å². The molecular weight excluding hydrogens is 387 g/mol. The van der Waals surface area contributed by atoms with Gasteiger partial charge in [0.15, 0.2) is 5.69 Å². The summed E-state index contributed by atoms with van der Waals surface area (Å²) >= 11 is 0. The van der Waals surface area contributed by atoms with Crippen LogP contribution in [0.25, 0.3) is 5.69 Å². The smallest absolute Gasteiger partial charge is 0.343 e. The first-order valence-corrected chi connectivity index (χ1v) is 8.49. The molecule has 3 rings (SSSR count). The Hall–Kier alpha value is -3.69. The van der Waals surface area contributed by atoms with Crippen molar-refractivity contribution in [3.05, 3.63) is 71.5 Å². The Morgan fingerprint density at radius 2 is 1.62 bits per heavy atom. The number of anilines is 1. The summed E-state index contributed by atoms with van der Waals surface area (Å²) in [5, 5.41) is 12.8. The van der Waals surface area contributed by atoms with E-state index in [9.17, 15) is 22.8 Å². The van der Waals surface area contributed by atoms with Gasteiger partial charge in [0.2, 0.25) is 0 Å². The number of aromatic nitrogens is 3. The maximum absolute atomic E-state index is 12.5. The van der Waals surface area contributed by atoms with Gasteiger partial charge < -0.3 is 10.6 Å². The highest BCUT2D eigenvalue weighted by Crippen LogP contribution is 2.15. The molecule has 2 N–H and O–H groups in total. The van der Waals surface area contributed by atoms with Crippen molar-refractivity contribution in [3.63, 3.8) is 0 Å². The molecule has 10 heteroatoms. The van der Waals surface area contributed by atoms with Gasteiger partial charge in [-0.25, -0.2) is 0 Å². The van der Waals surface area contributed by atoms with E-state index in [0.717, 1.165) is 0 Å². The predicted octanol–water partition coefficient (Wildman–Crippen LogP) is 3.12. The topological polar surface area (TPSA) is 88.9 Å². The van der Waals surface area contributed by atoms with E-state index in [4.69, 9.17) is 0 Å². The fourth-order valence-corrected chi connectivity index (χ4v) is 2.44. The number of alkyl halides is 3. The second kappa shape index (κ2) is 8.13. The van der Waals surface area contributed by atoms with Crippen molar-refractivity contribution in [2.24, 2.45) is 0 Å². The largest absolute Gasteiger partial charge is 0.405 e. The number of amides is 2. The molecule has 0 radical (unpaired) electrons. The van der Waals surface area contributed by atoms with E-state index in [-0.39, 0.29) is 11.3 Å². The molecule has 29 heavy (non-hydrogen) atoms. The lowest BCUT2D eigenvalue weighted by atomic mass is 10.2. The quantitative estimate of drug-likeness (QED) is 0.685. The Balaban J connectivity index is 1.67. The van der Waals surface area contributed by atoms with Crippen LogP contribution in [0.1, 0.15) is 26.5 Å². The molecular formula is C19H16F3N5O2. The summed E-state index contributed by atoms with van der Waals surface area (Å²) in [6.07, 6.45) is -4.49. The average Bonchev–Trinajstić information content (AvgIpc) is 3.09. The third-order valence-corrected chi connectivity index (χ3v) is 3.84. The summed E-state index contributed by atoms with van der Waals surface area (Å²) in [4.78, 5) is 25.5. The maximum Gasteiger partial charge on any atom is 0.405 e. The van der Waals surface area contributed by atoms with Gasteiger partial charge in [0.05, 0.1) is 11.4 Å². The van der Waals surface area contributed by atoms with E-state index in [2.05, 4.69) is 15.5 Å². The van der Waals surface area contributed by atoms with E-state index in [1.165, 1.54) is 29.1 Å². The van der Waals surface area contributed by atoms with Crippen LogP contribution in [-0.4, -0.2) is 39.5 Å². The molecule has 1 heterocycles. The summed E-state index contributed by atoms with van der Waals surface area (Å²) in [5.41, 5.74) is 1.65. The van der Waals surface area contributed by atoms with E-state index >= 15 is 0 Å². The normalized spacial score (nSPS) is 11.2. The van der Waals surface area contributed by atoms with Gasteiger partial charge in [0.25, 0.3) is 11.8 Å². The van der Waals surface area contributed by atoms with Gasteiger partial charge in [-0.3, -0.25) is 9.59 Å². The molecule has 0 unspecified atom stereocenters. The van der Waals surface area contributed by atoms with Crippen LogP contribution in [0.2, 0.25) is 0 Å². The number of para-hydroxylation sites is 1. The Morgan fingerprint density at radius 1 is 0.966 bits per heavy atom. The van der Waals surface area contributed by atoms with Gasteiger partial charge in [0.1, 0.15) is 6.54 Å². The van der Waals surface area contributed by atoms with Gasteiger partial charge in [-0.15, -0.1) is 5.10 Å². The summed E-state index contributed by atoms with van der Waals surface area (Å²) in [6.45, 7) is 0.232. The third kappa shape index (κ3) is 5.18. The first-order valence-electron chi connectivity index (χ1n) is 8.49. The van der Waals surface area contributed by atoms with E-state index in [1.807, 2.05) is 18.2 Å². The average molecular weight is 403 g/mol. The second-order valence-corrected chi connectivity index (χ2v) is 6.09. The summed E-state index contributed by atoms with van der Waals surface area (Å²) < 4.78 is 36.5. The molecule has 3 aromatic rings. The first kappa shape index (κ1) is 20.1. The van der Waals surface area contributed by atoms with Crippen LogP contribution in [0, 0.1) is 6.92 Å². The molecule has 0 saturated carbocycles. The molecule has 0 spiro atoms. The highest BCUT2D eigenvalue weighted by Gasteiger charge is 2.27. The van der Waals surface area contributed by atoms with E-state index in [1.54, 1.807) is 24.4 Å². The number of carbonyl (C=O) groups is 2. The van der Waals surface area contributed by atoms with Gasteiger partial charge in [0, 0.05) is 11.3 Å². The van der Waals surface area contributed by atoms with Crippen molar-refractivity contribution in [2.45, 2.75) is 13.1 Å². The minimum absolute atomic E-state index is 0.0402. The standard InChI is InChI=1S/C19H16F3N5O2/c1-12-16(26-27(25-12)15-5-3-2-4-6-15)18(29)24-14-9-7-13(8-10-14)17(28)23-11-19(20,21)22/h2-10H,11H2,1H3,(H,23,28)(H,24,29). The van der Waals surface area contributed by atoms with Gasteiger partial charge >= 0.3 is 6.18 Å². The molecule has 7 nitrogen and oxygen atoms in total. The fraction of sp³-hybridized carbons (Fsp3) is 0.158. The molecule has 2 aromatic carbocycles. The molecule has 2 amide bonds. The van der Waals surface area contributed by atoms with Gasteiger partial charge in [-0.2, -0.15) is 23.1 Å². The SMILES string of the molecule is Cc1nn(-c2ccccc2)nc1C(=O)Nc1ccc(C(=O)NCC(F)(F)F)cc1. The Morgan fingerprint density at radius 3 is 2.24 bits per heavy atom. The zero-order valence-corrected chi connectivity index (χ0v) is 15.2. The van der Waals surface area contributed by atoms with Crippen LogP contribution in [0.4, 0.5) is 18.9 Å². The summed E-state index contributed by atoms with van der Waals surface area (Å²) in [7, 11) is 0. The van der Waals surface area contributed by atoms with Crippen molar-refractivity contribution >= 4 is 17.5 Å². The number of benzene rings is 2. The zero-order valence-electron chi connectivity index (χ0n) is 15.2. The molecule has 1 aromatic heterocycles. The monoisotopic (exact) mass is 403 g/mol. The van der Waals surface area contributed by atoms with E-state index < -0.39 is 24.5 Å². The number of aryl methyl sites for hydroxylation is 1. The molecule has 0 fully saturated rings. The number of hydrogen-bond acceptors (Lipinski definition) is 4. The molecule has 150 valence electrons. The Kier molecular flexibility index (Phi) is 5.62. The molecule has 0 aliphatic heterocycles. The fourth-order valence-electron chi connectivity index (χ4n) is 2.44. The summed E-state index contributed by atoms with van der Waals surface area (Å²) in [5.74, 6) is -1.36. The molecule has 0 bridgehead atoms. The summed E-state index contributed by atoms with van der Waals surface area (Å²) in [6, 6.07) is 14.5. The molecule has 0 aliphatic rings. The number of carbonyl (C=O) groups excluding carboxylic acids is 2. The molecule has 0 aliphatic carbocycles. The van der Waals surface area contributed by atoms with Crippen molar-refractivity contribution in [1.29, 1.82) is 0 Å².